The fraction of sp³-hybridized carbons (Fsp3) is 0.0667. The van der Waals surface area contributed by atoms with Gasteiger partial charge in [0.15, 0.2) is 0 Å². The number of halogens is 1. The molecule has 0 aliphatic rings. The molecule has 2 rings (SSSR count). The predicted octanol–water partition coefficient (Wildman–Crippen LogP) is 2.34. The summed E-state index contributed by atoms with van der Waals surface area (Å²) >= 11 is 0. The highest BCUT2D eigenvalue weighted by molar-refractivity contribution is 5.71. The van der Waals surface area contributed by atoms with E-state index in [1.54, 1.807) is 13.0 Å². The molecule has 0 atom stereocenters. The van der Waals surface area contributed by atoms with E-state index in [9.17, 15) is 9.18 Å². The number of nitriles is 1. The van der Waals surface area contributed by atoms with Crippen molar-refractivity contribution in [3.63, 3.8) is 0 Å². The van der Waals surface area contributed by atoms with Gasteiger partial charge in [0.1, 0.15) is 17.4 Å². The Morgan fingerprint density at radius 2 is 2.11 bits per heavy atom. The number of pyridine rings is 1. The van der Waals surface area contributed by atoms with Gasteiger partial charge in [-0.1, -0.05) is 12.0 Å². The van der Waals surface area contributed by atoms with Crippen molar-refractivity contribution in [2.24, 2.45) is 0 Å². The van der Waals surface area contributed by atoms with Crippen molar-refractivity contribution >= 4 is 0 Å². The van der Waals surface area contributed by atoms with E-state index in [4.69, 9.17) is 11.7 Å². The molecule has 1 heterocycles. The molecule has 1 aromatic heterocycles. The Hall–Kier alpha value is -2.85. The number of aromatic amines is 1. The van der Waals surface area contributed by atoms with Crippen molar-refractivity contribution in [2.45, 2.75) is 6.92 Å². The number of nitrogens with one attached hydrogen (secondary N) is 1. The summed E-state index contributed by atoms with van der Waals surface area (Å²) in [5.41, 5.74) is 1.22. The van der Waals surface area contributed by atoms with E-state index < -0.39 is 11.4 Å². The molecule has 0 aliphatic carbocycles. The van der Waals surface area contributed by atoms with E-state index in [1.807, 2.05) is 6.07 Å². The minimum absolute atomic E-state index is 0.0137. The molecule has 0 aliphatic heterocycles. The van der Waals surface area contributed by atoms with Gasteiger partial charge < -0.3 is 4.98 Å². The Bertz CT molecular complexity index is 791. The third kappa shape index (κ3) is 2.25. The lowest BCUT2D eigenvalue weighted by molar-refractivity contribution is 0.624. The number of aromatic nitrogens is 1. The number of benzene rings is 1. The first kappa shape index (κ1) is 12.6. The van der Waals surface area contributed by atoms with Crippen molar-refractivity contribution in [2.75, 3.05) is 0 Å². The number of hydrogen-bond acceptors (Lipinski definition) is 2. The fourth-order valence-electron chi connectivity index (χ4n) is 1.83. The van der Waals surface area contributed by atoms with E-state index in [0.717, 1.165) is 0 Å². The maximum Gasteiger partial charge on any atom is 0.266 e. The summed E-state index contributed by atoms with van der Waals surface area (Å²) in [6, 6.07) is 7.68. The van der Waals surface area contributed by atoms with Gasteiger partial charge in [-0.25, -0.2) is 4.39 Å². The monoisotopic (exact) mass is 252 g/mol. The lowest BCUT2D eigenvalue weighted by Gasteiger charge is -2.06. The van der Waals surface area contributed by atoms with Crippen LogP contribution < -0.4 is 5.56 Å². The summed E-state index contributed by atoms with van der Waals surface area (Å²) in [6.45, 7) is 1.71. The van der Waals surface area contributed by atoms with Crippen molar-refractivity contribution in [3.05, 3.63) is 57.3 Å². The number of aryl methyl sites for hydroxylation is 1. The second-order valence-corrected chi connectivity index (χ2v) is 4.02. The molecule has 1 N–H and O–H groups in total. The topological polar surface area (TPSA) is 56.6 Å². The highest BCUT2D eigenvalue weighted by Gasteiger charge is 2.11. The molecule has 0 fully saturated rings. The zero-order chi connectivity index (χ0) is 14.0. The van der Waals surface area contributed by atoms with Gasteiger partial charge in [-0.05, 0) is 30.7 Å². The predicted molar refractivity (Wildman–Crippen MR) is 69.8 cm³/mol. The standard InChI is InChI=1S/C15H9FN2O/c1-3-10-7-11(4-5-14(10)16)12-6-9(2)18-15(19)13(12)8-17/h1,4-7H,2H3,(H,18,19). The lowest BCUT2D eigenvalue weighted by Crippen LogP contribution is -2.12. The molecule has 0 amide bonds. The van der Waals surface area contributed by atoms with Crippen LogP contribution in [0.25, 0.3) is 11.1 Å². The van der Waals surface area contributed by atoms with Crippen LogP contribution in [-0.4, -0.2) is 4.98 Å². The number of terminal acetylenes is 1. The zero-order valence-corrected chi connectivity index (χ0v) is 10.1. The Kier molecular flexibility index (Phi) is 3.18. The number of rotatable bonds is 1. The molecule has 0 saturated heterocycles. The van der Waals surface area contributed by atoms with Crippen molar-refractivity contribution in [3.8, 4) is 29.5 Å². The van der Waals surface area contributed by atoms with Gasteiger partial charge in [0.25, 0.3) is 5.56 Å². The SMILES string of the molecule is C#Cc1cc(-c2cc(C)[nH]c(=O)c2C#N)ccc1F. The number of hydrogen-bond donors (Lipinski definition) is 1. The first-order valence-corrected chi connectivity index (χ1v) is 5.47. The summed E-state index contributed by atoms with van der Waals surface area (Å²) in [5.74, 6) is 1.72. The molecule has 0 bridgehead atoms. The zero-order valence-electron chi connectivity index (χ0n) is 10.1. The van der Waals surface area contributed by atoms with Crippen LogP contribution in [0.1, 0.15) is 16.8 Å². The van der Waals surface area contributed by atoms with Crippen LogP contribution in [0.2, 0.25) is 0 Å². The van der Waals surface area contributed by atoms with E-state index in [-0.39, 0.29) is 11.1 Å². The van der Waals surface area contributed by atoms with Crippen molar-refractivity contribution in [1.82, 2.24) is 4.98 Å². The van der Waals surface area contributed by atoms with Crippen LogP contribution in [-0.2, 0) is 0 Å². The summed E-state index contributed by atoms with van der Waals surface area (Å²) in [6.07, 6.45) is 5.21. The quantitative estimate of drug-likeness (QED) is 0.792. The van der Waals surface area contributed by atoms with Crippen LogP contribution in [0.15, 0.2) is 29.1 Å². The first-order valence-electron chi connectivity index (χ1n) is 5.47. The van der Waals surface area contributed by atoms with Crippen LogP contribution >= 0.6 is 0 Å². The first-order chi connectivity index (χ1) is 9.06. The molecule has 0 unspecified atom stereocenters. The average Bonchev–Trinajstić information content (AvgIpc) is 2.38. The molecule has 92 valence electrons. The average molecular weight is 252 g/mol. The van der Waals surface area contributed by atoms with E-state index in [2.05, 4.69) is 10.9 Å². The second-order valence-electron chi connectivity index (χ2n) is 4.02. The maximum atomic E-state index is 13.4. The van der Waals surface area contributed by atoms with Gasteiger partial charge in [-0.15, -0.1) is 6.42 Å². The molecular weight excluding hydrogens is 243 g/mol. The van der Waals surface area contributed by atoms with Gasteiger partial charge in [-0.3, -0.25) is 4.79 Å². The molecule has 4 heteroatoms. The Labute approximate surface area is 109 Å². The Balaban J connectivity index is 2.77. The number of H-pyrrole nitrogens is 1. The van der Waals surface area contributed by atoms with Gasteiger partial charge in [0, 0.05) is 11.3 Å². The minimum atomic E-state index is -0.508. The third-order valence-electron chi connectivity index (χ3n) is 2.71. The van der Waals surface area contributed by atoms with E-state index >= 15 is 0 Å². The number of nitrogens with zero attached hydrogens (tertiary/aromatic N) is 1. The minimum Gasteiger partial charge on any atom is -0.325 e. The summed E-state index contributed by atoms with van der Waals surface area (Å²) in [7, 11) is 0. The molecule has 3 nitrogen and oxygen atoms in total. The summed E-state index contributed by atoms with van der Waals surface area (Å²) in [4.78, 5) is 14.2. The fourth-order valence-corrected chi connectivity index (χ4v) is 1.83. The van der Waals surface area contributed by atoms with Crippen LogP contribution in [0.3, 0.4) is 0 Å². The van der Waals surface area contributed by atoms with Crippen LogP contribution in [0.5, 0.6) is 0 Å². The molecule has 0 radical (unpaired) electrons. The largest absolute Gasteiger partial charge is 0.325 e. The van der Waals surface area contributed by atoms with Crippen molar-refractivity contribution in [1.29, 1.82) is 5.26 Å². The van der Waals surface area contributed by atoms with Gasteiger partial charge in [-0.2, -0.15) is 5.26 Å². The maximum absolute atomic E-state index is 13.4. The molecule has 1 aromatic carbocycles. The van der Waals surface area contributed by atoms with Gasteiger partial charge in [0.05, 0.1) is 5.56 Å². The van der Waals surface area contributed by atoms with Gasteiger partial charge >= 0.3 is 0 Å². The molecule has 0 spiro atoms. The highest BCUT2D eigenvalue weighted by atomic mass is 19.1. The Morgan fingerprint density at radius 1 is 1.37 bits per heavy atom. The summed E-state index contributed by atoms with van der Waals surface area (Å²) < 4.78 is 13.4. The van der Waals surface area contributed by atoms with Crippen LogP contribution in [0, 0.1) is 36.4 Å². The molecule has 0 saturated carbocycles. The lowest BCUT2D eigenvalue weighted by atomic mass is 9.99. The molecule has 19 heavy (non-hydrogen) atoms. The van der Waals surface area contributed by atoms with Crippen molar-refractivity contribution < 1.29 is 4.39 Å². The second kappa shape index (κ2) is 4.80. The van der Waals surface area contributed by atoms with E-state index in [0.29, 0.717) is 16.8 Å². The third-order valence-corrected chi connectivity index (χ3v) is 2.71. The summed E-state index contributed by atoms with van der Waals surface area (Å²) in [5, 5.41) is 9.05. The smallest absolute Gasteiger partial charge is 0.266 e. The van der Waals surface area contributed by atoms with Crippen LogP contribution in [0.4, 0.5) is 4.39 Å². The van der Waals surface area contributed by atoms with Gasteiger partial charge in [0.2, 0.25) is 0 Å². The van der Waals surface area contributed by atoms with E-state index in [1.165, 1.54) is 18.2 Å². The molecule has 2 aromatic rings. The molecular formula is C15H9FN2O. The highest BCUT2D eigenvalue weighted by Crippen LogP contribution is 2.24. The Morgan fingerprint density at radius 3 is 2.74 bits per heavy atom. The normalized spacial score (nSPS) is 9.68.